The first-order chi connectivity index (χ1) is 10.2. The predicted octanol–water partition coefficient (Wildman–Crippen LogP) is 2.65. The summed E-state index contributed by atoms with van der Waals surface area (Å²) in [7, 11) is 0. The highest BCUT2D eigenvalue weighted by Gasteiger charge is 2.48. The molecule has 0 radical (unpaired) electrons. The molecule has 2 aliphatic heterocycles. The lowest BCUT2D eigenvalue weighted by Gasteiger charge is -2.37. The SMILES string of the molecule is O=C(O)[C@H]1CC[C@@H]2CC[C@H]1N2C(=O)OCc1ccccc1. The molecular formula is C16H19NO4. The van der Waals surface area contributed by atoms with Crippen LogP contribution in [0.1, 0.15) is 31.2 Å². The van der Waals surface area contributed by atoms with Gasteiger partial charge in [-0.05, 0) is 31.2 Å². The molecule has 0 spiro atoms. The number of rotatable bonds is 3. The van der Waals surface area contributed by atoms with Crippen molar-refractivity contribution in [2.45, 2.75) is 44.4 Å². The monoisotopic (exact) mass is 289 g/mol. The molecule has 2 fully saturated rings. The van der Waals surface area contributed by atoms with E-state index in [-0.39, 0.29) is 24.8 Å². The summed E-state index contributed by atoms with van der Waals surface area (Å²) >= 11 is 0. The molecule has 3 atom stereocenters. The zero-order valence-corrected chi connectivity index (χ0v) is 11.8. The number of amides is 1. The number of ether oxygens (including phenoxy) is 1. The Morgan fingerprint density at radius 1 is 1.14 bits per heavy atom. The number of piperidine rings is 1. The summed E-state index contributed by atoms with van der Waals surface area (Å²) in [6.07, 6.45) is 2.69. The molecule has 1 aromatic rings. The standard InChI is InChI=1S/C16H19NO4/c18-15(19)13-8-6-12-7-9-14(13)17(12)16(20)21-10-11-4-2-1-3-5-11/h1-5,12-14H,6-10H2,(H,18,19)/t12-,13+,14-/m1/s1. The average Bonchev–Trinajstić information content (AvgIpc) is 2.78. The third kappa shape index (κ3) is 2.73. The molecule has 5 heteroatoms. The molecule has 112 valence electrons. The molecular weight excluding hydrogens is 270 g/mol. The molecule has 21 heavy (non-hydrogen) atoms. The van der Waals surface area contributed by atoms with Gasteiger partial charge in [0.15, 0.2) is 0 Å². The van der Waals surface area contributed by atoms with E-state index in [2.05, 4.69) is 0 Å². The predicted molar refractivity (Wildman–Crippen MR) is 75.6 cm³/mol. The molecule has 0 aromatic heterocycles. The second kappa shape index (κ2) is 5.76. The molecule has 0 unspecified atom stereocenters. The maximum absolute atomic E-state index is 12.3. The summed E-state index contributed by atoms with van der Waals surface area (Å²) in [5.41, 5.74) is 0.935. The fourth-order valence-electron chi connectivity index (χ4n) is 3.52. The number of hydrogen-bond donors (Lipinski definition) is 1. The van der Waals surface area contributed by atoms with E-state index in [1.165, 1.54) is 0 Å². The van der Waals surface area contributed by atoms with E-state index in [0.717, 1.165) is 24.8 Å². The van der Waals surface area contributed by atoms with Crippen LogP contribution in [0.15, 0.2) is 30.3 Å². The van der Waals surface area contributed by atoms with E-state index < -0.39 is 11.9 Å². The summed E-state index contributed by atoms with van der Waals surface area (Å²) in [5.74, 6) is -1.26. The van der Waals surface area contributed by atoms with E-state index in [1.807, 2.05) is 30.3 Å². The molecule has 2 aliphatic rings. The van der Waals surface area contributed by atoms with Gasteiger partial charge in [-0.25, -0.2) is 4.79 Å². The smallest absolute Gasteiger partial charge is 0.410 e. The maximum Gasteiger partial charge on any atom is 0.410 e. The Labute approximate surface area is 123 Å². The largest absolute Gasteiger partial charge is 0.481 e. The number of hydrogen-bond acceptors (Lipinski definition) is 3. The Balaban J connectivity index is 1.65. The molecule has 3 rings (SSSR count). The number of carboxylic acids is 1. The van der Waals surface area contributed by atoms with Gasteiger partial charge in [-0.15, -0.1) is 0 Å². The van der Waals surface area contributed by atoms with Gasteiger partial charge >= 0.3 is 12.1 Å². The van der Waals surface area contributed by atoms with Gasteiger partial charge in [-0.1, -0.05) is 30.3 Å². The Morgan fingerprint density at radius 3 is 2.57 bits per heavy atom. The lowest BCUT2D eigenvalue weighted by atomic mass is 9.91. The minimum absolute atomic E-state index is 0.147. The van der Waals surface area contributed by atoms with Crippen molar-refractivity contribution in [3.05, 3.63) is 35.9 Å². The van der Waals surface area contributed by atoms with Crippen LogP contribution < -0.4 is 0 Å². The van der Waals surface area contributed by atoms with Gasteiger partial charge < -0.3 is 14.7 Å². The van der Waals surface area contributed by atoms with Crippen molar-refractivity contribution >= 4 is 12.1 Å². The van der Waals surface area contributed by atoms with Crippen LogP contribution >= 0.6 is 0 Å². The minimum Gasteiger partial charge on any atom is -0.481 e. The highest BCUT2D eigenvalue weighted by molar-refractivity contribution is 5.75. The van der Waals surface area contributed by atoms with Crippen LogP contribution in [0.5, 0.6) is 0 Å². The van der Waals surface area contributed by atoms with Gasteiger partial charge in [-0.3, -0.25) is 4.79 Å². The number of carbonyl (C=O) groups excluding carboxylic acids is 1. The number of benzene rings is 1. The van der Waals surface area contributed by atoms with Crippen molar-refractivity contribution in [3.8, 4) is 0 Å². The number of fused-ring (bicyclic) bond motifs is 2. The van der Waals surface area contributed by atoms with Crippen LogP contribution in [-0.2, 0) is 16.1 Å². The first kappa shape index (κ1) is 13.9. The molecule has 2 bridgehead atoms. The summed E-state index contributed by atoms with van der Waals surface area (Å²) in [5, 5.41) is 9.29. The number of nitrogens with zero attached hydrogens (tertiary/aromatic N) is 1. The maximum atomic E-state index is 12.3. The van der Waals surface area contributed by atoms with Gasteiger partial charge in [0.2, 0.25) is 0 Å². The highest BCUT2D eigenvalue weighted by Crippen LogP contribution is 2.39. The Kier molecular flexibility index (Phi) is 3.82. The number of carbonyl (C=O) groups is 2. The lowest BCUT2D eigenvalue weighted by Crippen LogP contribution is -2.50. The van der Waals surface area contributed by atoms with Gasteiger partial charge in [-0.2, -0.15) is 0 Å². The van der Waals surface area contributed by atoms with Crippen molar-refractivity contribution in [3.63, 3.8) is 0 Å². The normalized spacial score (nSPS) is 27.4. The van der Waals surface area contributed by atoms with E-state index in [4.69, 9.17) is 4.74 Å². The molecule has 1 amide bonds. The van der Waals surface area contributed by atoms with Crippen molar-refractivity contribution in [1.29, 1.82) is 0 Å². The van der Waals surface area contributed by atoms with Gasteiger partial charge in [0.25, 0.3) is 0 Å². The van der Waals surface area contributed by atoms with E-state index in [1.54, 1.807) is 4.90 Å². The molecule has 0 saturated carbocycles. The van der Waals surface area contributed by atoms with Crippen LogP contribution in [0.25, 0.3) is 0 Å². The zero-order chi connectivity index (χ0) is 14.8. The van der Waals surface area contributed by atoms with Crippen LogP contribution in [0.3, 0.4) is 0 Å². The quantitative estimate of drug-likeness (QED) is 0.929. The number of aliphatic carboxylic acids is 1. The van der Waals surface area contributed by atoms with Crippen LogP contribution in [-0.4, -0.2) is 34.2 Å². The van der Waals surface area contributed by atoms with Crippen molar-refractivity contribution in [2.24, 2.45) is 5.92 Å². The van der Waals surface area contributed by atoms with Crippen LogP contribution in [0.2, 0.25) is 0 Å². The van der Waals surface area contributed by atoms with Gasteiger partial charge in [0.1, 0.15) is 6.61 Å². The Hall–Kier alpha value is -2.04. The summed E-state index contributed by atoms with van der Waals surface area (Å²) in [4.78, 5) is 25.3. The van der Waals surface area contributed by atoms with E-state index in [9.17, 15) is 14.7 Å². The summed E-state index contributed by atoms with van der Waals surface area (Å²) < 4.78 is 5.37. The fraction of sp³-hybridized carbons (Fsp3) is 0.500. The zero-order valence-electron chi connectivity index (χ0n) is 11.8. The van der Waals surface area contributed by atoms with Gasteiger partial charge in [0, 0.05) is 12.1 Å². The van der Waals surface area contributed by atoms with Crippen molar-refractivity contribution in [1.82, 2.24) is 4.90 Å². The molecule has 1 N–H and O–H groups in total. The number of carboxylic acid groups (broad SMARTS) is 1. The van der Waals surface area contributed by atoms with Crippen molar-refractivity contribution < 1.29 is 19.4 Å². The third-order valence-electron chi connectivity index (χ3n) is 4.55. The topological polar surface area (TPSA) is 66.8 Å². The van der Waals surface area contributed by atoms with E-state index >= 15 is 0 Å². The first-order valence-electron chi connectivity index (χ1n) is 7.38. The molecule has 5 nitrogen and oxygen atoms in total. The second-order valence-electron chi connectivity index (χ2n) is 5.77. The van der Waals surface area contributed by atoms with Crippen molar-refractivity contribution in [2.75, 3.05) is 0 Å². The molecule has 2 saturated heterocycles. The third-order valence-corrected chi connectivity index (χ3v) is 4.55. The summed E-state index contributed by atoms with van der Waals surface area (Å²) in [6.45, 7) is 0.230. The highest BCUT2D eigenvalue weighted by atomic mass is 16.6. The minimum atomic E-state index is -0.804. The summed E-state index contributed by atoms with van der Waals surface area (Å²) in [6, 6.07) is 9.45. The molecule has 1 aromatic carbocycles. The van der Waals surface area contributed by atoms with Crippen LogP contribution in [0.4, 0.5) is 4.79 Å². The Morgan fingerprint density at radius 2 is 1.86 bits per heavy atom. The first-order valence-corrected chi connectivity index (χ1v) is 7.38. The fourth-order valence-corrected chi connectivity index (χ4v) is 3.52. The average molecular weight is 289 g/mol. The van der Waals surface area contributed by atoms with E-state index in [0.29, 0.717) is 6.42 Å². The molecule has 2 heterocycles. The molecule has 0 aliphatic carbocycles. The second-order valence-corrected chi connectivity index (χ2v) is 5.77. The lowest BCUT2D eigenvalue weighted by molar-refractivity contribution is -0.145. The van der Waals surface area contributed by atoms with Gasteiger partial charge in [0.05, 0.1) is 5.92 Å². The van der Waals surface area contributed by atoms with Crippen LogP contribution in [0, 0.1) is 5.92 Å². The Bertz CT molecular complexity index is 530.